The van der Waals surface area contributed by atoms with Crippen molar-refractivity contribution in [1.82, 2.24) is 9.21 Å². The molecule has 13 heavy (non-hydrogen) atoms. The van der Waals surface area contributed by atoms with Gasteiger partial charge in [0.05, 0.1) is 0 Å². The first-order chi connectivity index (χ1) is 6.13. The van der Waals surface area contributed by atoms with E-state index in [1.54, 1.807) is 0 Å². The zero-order chi connectivity index (χ0) is 9.47. The van der Waals surface area contributed by atoms with Crippen LogP contribution in [0.5, 0.6) is 0 Å². The third-order valence-electron chi connectivity index (χ3n) is 3.02. The summed E-state index contributed by atoms with van der Waals surface area (Å²) in [6.45, 7) is 11.2. The molecule has 76 valence electrons. The lowest BCUT2D eigenvalue weighted by molar-refractivity contribution is -0.0807. The summed E-state index contributed by atoms with van der Waals surface area (Å²) in [7, 11) is 0. The SMILES string of the molecule is CSN1CC2(CN(CC(C)C)C2)C1. The van der Waals surface area contributed by atoms with Crippen LogP contribution in [-0.2, 0) is 0 Å². The van der Waals surface area contributed by atoms with Crippen molar-refractivity contribution in [3.8, 4) is 0 Å². The molecule has 1 spiro atoms. The minimum atomic E-state index is 0.706. The lowest BCUT2D eigenvalue weighted by Gasteiger charge is -2.60. The van der Waals surface area contributed by atoms with Gasteiger partial charge in [0.25, 0.3) is 0 Å². The molecule has 0 unspecified atom stereocenters. The van der Waals surface area contributed by atoms with Crippen molar-refractivity contribution in [3.63, 3.8) is 0 Å². The van der Waals surface area contributed by atoms with Crippen LogP contribution in [0.2, 0.25) is 0 Å². The van der Waals surface area contributed by atoms with Gasteiger partial charge in [0, 0.05) is 38.1 Å². The maximum Gasteiger partial charge on any atom is 0.0230 e. The van der Waals surface area contributed by atoms with Gasteiger partial charge in [-0.1, -0.05) is 25.8 Å². The van der Waals surface area contributed by atoms with Crippen LogP contribution in [-0.4, -0.2) is 48.2 Å². The van der Waals surface area contributed by atoms with E-state index in [2.05, 4.69) is 29.3 Å². The molecule has 0 atom stereocenters. The minimum absolute atomic E-state index is 0.706. The Morgan fingerprint density at radius 2 is 1.85 bits per heavy atom. The average molecular weight is 200 g/mol. The van der Waals surface area contributed by atoms with Crippen LogP contribution < -0.4 is 0 Å². The monoisotopic (exact) mass is 200 g/mol. The Morgan fingerprint density at radius 3 is 2.31 bits per heavy atom. The van der Waals surface area contributed by atoms with Gasteiger partial charge in [0.15, 0.2) is 0 Å². The van der Waals surface area contributed by atoms with Gasteiger partial charge in [-0.25, -0.2) is 4.31 Å². The molecule has 0 bridgehead atoms. The molecule has 0 radical (unpaired) electrons. The molecular weight excluding hydrogens is 180 g/mol. The molecule has 2 heterocycles. The van der Waals surface area contributed by atoms with Crippen molar-refractivity contribution in [1.29, 1.82) is 0 Å². The molecule has 0 aliphatic carbocycles. The van der Waals surface area contributed by atoms with E-state index < -0.39 is 0 Å². The topological polar surface area (TPSA) is 6.48 Å². The molecule has 0 amide bonds. The normalized spacial score (nSPS) is 27.7. The van der Waals surface area contributed by atoms with Gasteiger partial charge in [0.2, 0.25) is 0 Å². The zero-order valence-electron chi connectivity index (χ0n) is 8.92. The van der Waals surface area contributed by atoms with Gasteiger partial charge in [0.1, 0.15) is 0 Å². The van der Waals surface area contributed by atoms with Gasteiger partial charge in [-0.2, -0.15) is 0 Å². The van der Waals surface area contributed by atoms with E-state index in [0.717, 1.165) is 5.92 Å². The number of hydrogen-bond donors (Lipinski definition) is 0. The number of hydrogen-bond acceptors (Lipinski definition) is 3. The molecule has 0 N–H and O–H groups in total. The second kappa shape index (κ2) is 3.44. The number of likely N-dealkylation sites (tertiary alicyclic amines) is 1. The van der Waals surface area contributed by atoms with E-state index in [0.29, 0.717) is 5.41 Å². The van der Waals surface area contributed by atoms with Crippen LogP contribution in [0, 0.1) is 11.3 Å². The van der Waals surface area contributed by atoms with E-state index in [-0.39, 0.29) is 0 Å². The Bertz CT molecular complexity index is 179. The van der Waals surface area contributed by atoms with Crippen molar-refractivity contribution in [2.75, 3.05) is 39.0 Å². The standard InChI is InChI=1S/C10H20N2S/c1-9(2)4-11-5-10(6-11)7-12(8-10)13-3/h9H,4-8H2,1-3H3. The molecule has 0 aromatic rings. The highest BCUT2D eigenvalue weighted by Crippen LogP contribution is 2.42. The molecule has 0 aromatic carbocycles. The maximum absolute atomic E-state index is 2.60. The molecular formula is C10H20N2S. The van der Waals surface area contributed by atoms with Crippen LogP contribution in [0.1, 0.15) is 13.8 Å². The largest absolute Gasteiger partial charge is 0.302 e. The van der Waals surface area contributed by atoms with Crippen molar-refractivity contribution in [3.05, 3.63) is 0 Å². The Labute approximate surface area is 85.8 Å². The van der Waals surface area contributed by atoms with Gasteiger partial charge < -0.3 is 4.90 Å². The van der Waals surface area contributed by atoms with Gasteiger partial charge in [-0.05, 0) is 12.2 Å². The van der Waals surface area contributed by atoms with Crippen LogP contribution in [0.4, 0.5) is 0 Å². The fourth-order valence-electron chi connectivity index (χ4n) is 2.58. The lowest BCUT2D eigenvalue weighted by atomic mass is 9.74. The van der Waals surface area contributed by atoms with E-state index in [1.807, 2.05) is 11.9 Å². The quantitative estimate of drug-likeness (QED) is 0.638. The maximum atomic E-state index is 2.60. The molecule has 2 aliphatic rings. The van der Waals surface area contributed by atoms with Gasteiger partial charge in [-0.15, -0.1) is 0 Å². The first-order valence-corrected chi connectivity index (χ1v) is 6.33. The smallest absolute Gasteiger partial charge is 0.0230 e. The average Bonchev–Trinajstić information content (AvgIpc) is 1.90. The molecule has 3 heteroatoms. The Balaban J connectivity index is 1.68. The minimum Gasteiger partial charge on any atom is -0.302 e. The Kier molecular flexibility index (Phi) is 2.60. The summed E-state index contributed by atoms with van der Waals surface area (Å²) in [5.74, 6) is 0.828. The fraction of sp³-hybridized carbons (Fsp3) is 1.00. The third-order valence-corrected chi connectivity index (χ3v) is 3.80. The Hall–Kier alpha value is 0.270. The molecule has 0 saturated carbocycles. The summed E-state index contributed by atoms with van der Waals surface area (Å²) in [5, 5.41) is 0. The van der Waals surface area contributed by atoms with Crippen LogP contribution in [0.25, 0.3) is 0 Å². The second-order valence-corrected chi connectivity index (χ2v) is 5.93. The number of nitrogens with zero attached hydrogens (tertiary/aromatic N) is 2. The van der Waals surface area contributed by atoms with E-state index in [1.165, 1.54) is 32.7 Å². The van der Waals surface area contributed by atoms with Gasteiger partial charge >= 0.3 is 0 Å². The highest BCUT2D eigenvalue weighted by Gasteiger charge is 2.51. The summed E-state index contributed by atoms with van der Waals surface area (Å²) < 4.78 is 2.46. The zero-order valence-corrected chi connectivity index (χ0v) is 9.73. The predicted molar refractivity (Wildman–Crippen MR) is 58.8 cm³/mol. The first kappa shape index (κ1) is 9.81. The molecule has 2 nitrogen and oxygen atoms in total. The van der Waals surface area contributed by atoms with Crippen LogP contribution >= 0.6 is 11.9 Å². The molecule has 0 aromatic heterocycles. The van der Waals surface area contributed by atoms with Crippen LogP contribution in [0.15, 0.2) is 0 Å². The molecule has 2 fully saturated rings. The second-order valence-electron chi connectivity index (χ2n) is 5.04. The molecule has 2 aliphatic heterocycles. The summed E-state index contributed by atoms with van der Waals surface area (Å²) in [6, 6.07) is 0. The van der Waals surface area contributed by atoms with Crippen molar-refractivity contribution in [2.45, 2.75) is 13.8 Å². The highest BCUT2D eigenvalue weighted by molar-refractivity contribution is 7.96. The van der Waals surface area contributed by atoms with Gasteiger partial charge in [-0.3, -0.25) is 0 Å². The highest BCUT2D eigenvalue weighted by atomic mass is 32.2. The molecule has 2 saturated heterocycles. The van der Waals surface area contributed by atoms with Crippen molar-refractivity contribution in [2.24, 2.45) is 11.3 Å². The molecule has 2 rings (SSSR count). The fourth-order valence-corrected chi connectivity index (χ4v) is 3.38. The summed E-state index contributed by atoms with van der Waals surface area (Å²) in [5.41, 5.74) is 0.706. The summed E-state index contributed by atoms with van der Waals surface area (Å²) in [6.07, 6.45) is 2.18. The van der Waals surface area contributed by atoms with E-state index >= 15 is 0 Å². The first-order valence-electron chi connectivity index (χ1n) is 5.15. The summed E-state index contributed by atoms with van der Waals surface area (Å²) >= 11 is 1.89. The van der Waals surface area contributed by atoms with Crippen molar-refractivity contribution < 1.29 is 0 Å². The van der Waals surface area contributed by atoms with E-state index in [4.69, 9.17) is 0 Å². The lowest BCUT2D eigenvalue weighted by Crippen LogP contribution is -2.70. The Morgan fingerprint density at radius 1 is 1.23 bits per heavy atom. The van der Waals surface area contributed by atoms with E-state index in [9.17, 15) is 0 Å². The summed E-state index contributed by atoms with van der Waals surface area (Å²) in [4.78, 5) is 2.60. The third kappa shape index (κ3) is 1.88. The number of rotatable bonds is 3. The van der Waals surface area contributed by atoms with Crippen molar-refractivity contribution >= 4 is 11.9 Å². The predicted octanol–water partition coefficient (Wildman–Crippen LogP) is 1.54. The van der Waals surface area contributed by atoms with Crippen LogP contribution in [0.3, 0.4) is 0 Å².